The minimum atomic E-state index is -1.03. The molecule has 2 aromatic rings. The van der Waals surface area contributed by atoms with Gasteiger partial charge in [-0.3, -0.25) is 5.43 Å². The molecule has 0 bridgehead atoms. The van der Waals surface area contributed by atoms with Crippen molar-refractivity contribution in [1.29, 1.82) is 0 Å². The smallest absolute Gasteiger partial charge is 0.372 e. The number of hydrogen-bond donors (Lipinski definition) is 2. The molecule has 2 N–H and O–H groups in total. The van der Waals surface area contributed by atoms with E-state index in [0.29, 0.717) is 5.56 Å². The Morgan fingerprint density at radius 3 is 2.76 bits per heavy atom. The van der Waals surface area contributed by atoms with Crippen molar-refractivity contribution in [2.75, 3.05) is 5.43 Å². The molecule has 21 heavy (non-hydrogen) atoms. The van der Waals surface area contributed by atoms with Crippen LogP contribution in [0.1, 0.15) is 40.3 Å². The minimum absolute atomic E-state index is 0.0225. The second-order valence-corrected chi connectivity index (χ2v) is 5.05. The Hall–Kier alpha value is -2.56. The summed E-state index contributed by atoms with van der Waals surface area (Å²) < 4.78 is 5.47. The third-order valence-electron chi connectivity index (χ3n) is 3.61. The molecule has 0 atom stereocenters. The summed E-state index contributed by atoms with van der Waals surface area (Å²) in [6.45, 7) is 1.77. The molecule has 5 heteroatoms. The van der Waals surface area contributed by atoms with Crippen molar-refractivity contribution in [3.8, 4) is 0 Å². The van der Waals surface area contributed by atoms with Gasteiger partial charge in [-0.1, -0.05) is 18.2 Å². The zero-order chi connectivity index (χ0) is 14.8. The minimum Gasteiger partial charge on any atom is -0.475 e. The first-order valence-corrected chi connectivity index (χ1v) is 6.90. The van der Waals surface area contributed by atoms with Crippen LogP contribution in [0.4, 0.5) is 5.69 Å². The van der Waals surface area contributed by atoms with Gasteiger partial charge in [-0.2, -0.15) is 5.10 Å². The first kappa shape index (κ1) is 13.4. The average Bonchev–Trinajstić information content (AvgIpc) is 2.84. The Kier molecular flexibility index (Phi) is 3.48. The number of carboxylic acid groups (broad SMARTS) is 1. The molecule has 5 nitrogen and oxygen atoms in total. The second kappa shape index (κ2) is 5.44. The summed E-state index contributed by atoms with van der Waals surface area (Å²) in [6, 6.07) is 9.66. The SMILES string of the molecule is Cc1c(C(=O)O)oc2c1/C(=N/Nc1ccccc1)CCC2. The summed E-state index contributed by atoms with van der Waals surface area (Å²) in [4.78, 5) is 11.2. The molecule has 1 aromatic carbocycles. The molecule has 3 rings (SSSR count). The molecular formula is C16H16N2O3. The van der Waals surface area contributed by atoms with Crippen LogP contribution in [0.3, 0.4) is 0 Å². The summed E-state index contributed by atoms with van der Waals surface area (Å²) in [7, 11) is 0. The highest BCUT2D eigenvalue weighted by Crippen LogP contribution is 2.30. The maximum Gasteiger partial charge on any atom is 0.372 e. The monoisotopic (exact) mass is 284 g/mol. The van der Waals surface area contributed by atoms with E-state index < -0.39 is 5.97 Å². The molecule has 1 aliphatic rings. The van der Waals surface area contributed by atoms with Crippen molar-refractivity contribution in [3.63, 3.8) is 0 Å². The molecule has 0 spiro atoms. The van der Waals surface area contributed by atoms with Gasteiger partial charge in [-0.25, -0.2) is 4.79 Å². The van der Waals surface area contributed by atoms with E-state index in [0.717, 1.165) is 42.0 Å². The van der Waals surface area contributed by atoms with Gasteiger partial charge in [0.2, 0.25) is 5.76 Å². The van der Waals surface area contributed by atoms with Gasteiger partial charge < -0.3 is 9.52 Å². The van der Waals surface area contributed by atoms with Crippen molar-refractivity contribution < 1.29 is 14.3 Å². The molecule has 0 fully saturated rings. The summed E-state index contributed by atoms with van der Waals surface area (Å²) >= 11 is 0. The molecule has 0 unspecified atom stereocenters. The highest BCUT2D eigenvalue weighted by atomic mass is 16.4. The molecule has 0 aliphatic heterocycles. The molecule has 0 saturated heterocycles. The third-order valence-corrected chi connectivity index (χ3v) is 3.61. The zero-order valence-corrected chi connectivity index (χ0v) is 11.7. The number of hydrogen-bond acceptors (Lipinski definition) is 4. The number of carbonyl (C=O) groups is 1. The molecule has 0 radical (unpaired) electrons. The number of fused-ring (bicyclic) bond motifs is 1. The number of nitrogens with one attached hydrogen (secondary N) is 1. The quantitative estimate of drug-likeness (QED) is 0.847. The van der Waals surface area contributed by atoms with Gasteiger partial charge in [0.25, 0.3) is 0 Å². The zero-order valence-electron chi connectivity index (χ0n) is 11.7. The molecule has 1 heterocycles. The van der Waals surface area contributed by atoms with Gasteiger partial charge in [0, 0.05) is 17.5 Å². The number of para-hydroxylation sites is 1. The van der Waals surface area contributed by atoms with E-state index in [1.807, 2.05) is 30.3 Å². The van der Waals surface area contributed by atoms with Gasteiger partial charge in [0.15, 0.2) is 0 Å². The van der Waals surface area contributed by atoms with Gasteiger partial charge in [-0.05, 0) is 31.9 Å². The number of nitrogens with zero attached hydrogens (tertiary/aromatic N) is 1. The van der Waals surface area contributed by atoms with Crippen molar-refractivity contribution in [1.82, 2.24) is 0 Å². The average molecular weight is 284 g/mol. The summed E-state index contributed by atoms with van der Waals surface area (Å²) in [5.74, 6) is -0.281. The predicted octanol–water partition coefficient (Wildman–Crippen LogP) is 3.44. The highest BCUT2D eigenvalue weighted by Gasteiger charge is 2.27. The Morgan fingerprint density at radius 1 is 1.29 bits per heavy atom. The van der Waals surface area contributed by atoms with Crippen molar-refractivity contribution in [2.45, 2.75) is 26.2 Å². The first-order valence-electron chi connectivity index (χ1n) is 6.90. The number of furan rings is 1. The van der Waals surface area contributed by atoms with E-state index in [9.17, 15) is 4.79 Å². The molecular weight excluding hydrogens is 268 g/mol. The fraction of sp³-hybridized carbons (Fsp3) is 0.250. The molecule has 1 aliphatic carbocycles. The van der Waals surface area contributed by atoms with Gasteiger partial charge >= 0.3 is 5.97 Å². The van der Waals surface area contributed by atoms with Crippen LogP contribution in [0.5, 0.6) is 0 Å². The number of hydrazone groups is 1. The highest BCUT2D eigenvalue weighted by molar-refractivity contribution is 6.05. The van der Waals surface area contributed by atoms with Gasteiger partial charge in [0.05, 0.1) is 11.4 Å². The Bertz CT molecular complexity index is 702. The van der Waals surface area contributed by atoms with Crippen LogP contribution in [0, 0.1) is 6.92 Å². The van der Waals surface area contributed by atoms with E-state index in [1.165, 1.54) is 0 Å². The summed E-state index contributed by atoms with van der Waals surface area (Å²) in [6.07, 6.45) is 2.48. The van der Waals surface area contributed by atoms with Crippen molar-refractivity contribution in [3.05, 3.63) is 53.0 Å². The van der Waals surface area contributed by atoms with Gasteiger partial charge in [0.1, 0.15) is 5.76 Å². The number of aryl methyl sites for hydroxylation is 1. The summed E-state index contributed by atoms with van der Waals surface area (Å²) in [5.41, 5.74) is 6.28. The lowest BCUT2D eigenvalue weighted by molar-refractivity contribution is 0.0659. The lowest BCUT2D eigenvalue weighted by Crippen LogP contribution is -2.13. The number of benzene rings is 1. The molecule has 108 valence electrons. The Balaban J connectivity index is 1.95. The van der Waals surface area contributed by atoms with Gasteiger partial charge in [-0.15, -0.1) is 0 Å². The van der Waals surface area contributed by atoms with E-state index in [2.05, 4.69) is 10.5 Å². The van der Waals surface area contributed by atoms with Crippen LogP contribution in [0.25, 0.3) is 0 Å². The lowest BCUT2D eigenvalue weighted by atomic mass is 9.93. The van der Waals surface area contributed by atoms with E-state index in [1.54, 1.807) is 6.92 Å². The van der Waals surface area contributed by atoms with Crippen LogP contribution in [-0.4, -0.2) is 16.8 Å². The Labute approximate surface area is 122 Å². The molecule has 0 amide bonds. The van der Waals surface area contributed by atoms with E-state index in [-0.39, 0.29) is 5.76 Å². The van der Waals surface area contributed by atoms with Crippen LogP contribution < -0.4 is 5.43 Å². The van der Waals surface area contributed by atoms with E-state index in [4.69, 9.17) is 9.52 Å². The predicted molar refractivity (Wildman–Crippen MR) is 79.9 cm³/mol. The van der Waals surface area contributed by atoms with E-state index >= 15 is 0 Å². The topological polar surface area (TPSA) is 74.8 Å². The van der Waals surface area contributed by atoms with Crippen LogP contribution in [0.15, 0.2) is 39.9 Å². The molecule has 1 aromatic heterocycles. The third kappa shape index (κ3) is 2.54. The Morgan fingerprint density at radius 2 is 2.05 bits per heavy atom. The lowest BCUT2D eigenvalue weighted by Gasteiger charge is -2.13. The summed E-state index contributed by atoms with van der Waals surface area (Å²) in [5, 5.41) is 13.6. The normalized spacial score (nSPS) is 15.8. The maximum atomic E-state index is 11.2. The fourth-order valence-corrected chi connectivity index (χ4v) is 2.63. The largest absolute Gasteiger partial charge is 0.475 e. The fourth-order valence-electron chi connectivity index (χ4n) is 2.63. The van der Waals surface area contributed by atoms with Crippen molar-refractivity contribution >= 4 is 17.4 Å². The number of rotatable bonds is 3. The molecule has 0 saturated carbocycles. The van der Waals surface area contributed by atoms with Crippen molar-refractivity contribution in [2.24, 2.45) is 5.10 Å². The van der Waals surface area contributed by atoms with Crippen LogP contribution in [-0.2, 0) is 6.42 Å². The van der Waals surface area contributed by atoms with Crippen LogP contribution in [0.2, 0.25) is 0 Å². The number of anilines is 1. The standard InChI is InChI=1S/C16H16N2O3/c1-10-14-12(18-17-11-6-3-2-4-7-11)8-5-9-13(14)21-15(10)16(19)20/h2-4,6-7,17H,5,8-9H2,1H3,(H,19,20)/b18-12+. The number of aromatic carboxylic acids is 1. The maximum absolute atomic E-state index is 11.2. The number of carboxylic acids is 1. The first-order chi connectivity index (χ1) is 10.2. The van der Waals surface area contributed by atoms with Crippen LogP contribution >= 0.6 is 0 Å². The second-order valence-electron chi connectivity index (χ2n) is 5.05.